The number of hydrogen-bond donors (Lipinski definition) is 0. The molecule has 2 aromatic rings. The lowest BCUT2D eigenvalue weighted by Gasteiger charge is -2.07. The number of aromatic nitrogens is 1. The number of nitrogens with zero attached hydrogens (tertiary/aromatic N) is 1. The number of ether oxygens (including phenoxy) is 1. The third kappa shape index (κ3) is 1.10. The number of Topliss-reactive ketones (excluding diaryl/α,β-unsaturated/α-hetero) is 1. The SMILES string of the molecule is Cn1c(=O)c2c(c3ccccc31)OC(=O)C2=O. The minimum Gasteiger partial charge on any atom is -0.419 e. The second kappa shape index (κ2) is 3.04. The summed E-state index contributed by atoms with van der Waals surface area (Å²) in [7, 11) is 1.56. The molecule has 0 saturated heterocycles. The molecule has 1 aliphatic heterocycles. The first-order chi connectivity index (χ1) is 8.11. The molecule has 0 spiro atoms. The molecule has 1 aliphatic rings. The summed E-state index contributed by atoms with van der Waals surface area (Å²) in [5, 5.41) is 0.587. The predicted octanol–water partition coefficient (Wildman–Crippen LogP) is 0.640. The number of para-hydroxylation sites is 1. The van der Waals surface area contributed by atoms with Crippen LogP contribution in [0.3, 0.4) is 0 Å². The van der Waals surface area contributed by atoms with E-state index < -0.39 is 17.3 Å². The van der Waals surface area contributed by atoms with E-state index in [0.29, 0.717) is 10.9 Å². The monoisotopic (exact) mass is 229 g/mol. The Morgan fingerprint density at radius 2 is 1.82 bits per heavy atom. The lowest BCUT2D eigenvalue weighted by atomic mass is 10.1. The van der Waals surface area contributed by atoms with Crippen molar-refractivity contribution in [2.75, 3.05) is 0 Å². The van der Waals surface area contributed by atoms with Crippen molar-refractivity contribution in [3.05, 3.63) is 40.2 Å². The Morgan fingerprint density at radius 3 is 2.59 bits per heavy atom. The van der Waals surface area contributed by atoms with E-state index in [0.717, 1.165) is 0 Å². The lowest BCUT2D eigenvalue weighted by Crippen LogP contribution is -2.24. The van der Waals surface area contributed by atoms with E-state index in [4.69, 9.17) is 4.74 Å². The average molecular weight is 229 g/mol. The lowest BCUT2D eigenvalue weighted by molar-refractivity contribution is -0.128. The number of ketones is 1. The van der Waals surface area contributed by atoms with Crippen LogP contribution in [0.15, 0.2) is 29.1 Å². The van der Waals surface area contributed by atoms with E-state index in [2.05, 4.69) is 0 Å². The third-order valence-electron chi connectivity index (χ3n) is 2.86. The Morgan fingerprint density at radius 1 is 1.12 bits per heavy atom. The quantitative estimate of drug-likeness (QED) is 0.491. The van der Waals surface area contributed by atoms with Crippen molar-refractivity contribution >= 4 is 22.7 Å². The van der Waals surface area contributed by atoms with Gasteiger partial charge in [0.15, 0.2) is 5.75 Å². The molecule has 3 rings (SSSR count). The van der Waals surface area contributed by atoms with Crippen molar-refractivity contribution in [3.63, 3.8) is 0 Å². The molecular weight excluding hydrogens is 222 g/mol. The highest BCUT2D eigenvalue weighted by atomic mass is 16.5. The third-order valence-corrected chi connectivity index (χ3v) is 2.86. The second-order valence-electron chi connectivity index (χ2n) is 3.80. The minimum atomic E-state index is -0.992. The van der Waals surface area contributed by atoms with Crippen LogP contribution in [0.1, 0.15) is 10.4 Å². The van der Waals surface area contributed by atoms with Crippen LogP contribution in [-0.2, 0) is 11.8 Å². The van der Waals surface area contributed by atoms with Gasteiger partial charge in [0, 0.05) is 12.4 Å². The number of pyridine rings is 1. The van der Waals surface area contributed by atoms with Crippen LogP contribution in [-0.4, -0.2) is 16.3 Å². The number of carbonyl (C=O) groups is 2. The summed E-state index contributed by atoms with van der Waals surface area (Å²) in [4.78, 5) is 34.7. The molecule has 84 valence electrons. The molecule has 0 aliphatic carbocycles. The summed E-state index contributed by atoms with van der Waals surface area (Å²) in [5.41, 5.74) is -0.0514. The first kappa shape index (κ1) is 9.77. The fourth-order valence-electron chi connectivity index (χ4n) is 2.01. The highest BCUT2D eigenvalue weighted by molar-refractivity contribution is 6.45. The topological polar surface area (TPSA) is 65.4 Å². The number of fused-ring (bicyclic) bond motifs is 3. The fraction of sp³-hybridized carbons (Fsp3) is 0.0833. The number of rotatable bonds is 0. The van der Waals surface area contributed by atoms with Crippen molar-refractivity contribution < 1.29 is 14.3 Å². The van der Waals surface area contributed by atoms with E-state index in [-0.39, 0.29) is 11.3 Å². The van der Waals surface area contributed by atoms with Crippen molar-refractivity contribution in [1.82, 2.24) is 4.57 Å². The van der Waals surface area contributed by atoms with Gasteiger partial charge in [-0.2, -0.15) is 0 Å². The van der Waals surface area contributed by atoms with Gasteiger partial charge in [0.05, 0.1) is 5.52 Å². The van der Waals surface area contributed by atoms with Gasteiger partial charge in [-0.25, -0.2) is 4.79 Å². The second-order valence-corrected chi connectivity index (χ2v) is 3.80. The summed E-state index contributed by atoms with van der Waals surface area (Å²) in [6, 6.07) is 6.96. The maximum absolute atomic E-state index is 11.9. The van der Waals surface area contributed by atoms with Crippen LogP contribution in [0.25, 0.3) is 10.9 Å². The molecule has 0 N–H and O–H groups in total. The number of esters is 1. The van der Waals surface area contributed by atoms with Gasteiger partial charge in [0.2, 0.25) is 0 Å². The zero-order valence-corrected chi connectivity index (χ0v) is 8.89. The zero-order valence-electron chi connectivity index (χ0n) is 8.89. The van der Waals surface area contributed by atoms with E-state index in [1.54, 1.807) is 31.3 Å². The van der Waals surface area contributed by atoms with Gasteiger partial charge in [0.1, 0.15) is 5.56 Å². The van der Waals surface area contributed by atoms with E-state index in [9.17, 15) is 14.4 Å². The highest BCUT2D eigenvalue weighted by Crippen LogP contribution is 2.31. The maximum Gasteiger partial charge on any atom is 0.385 e. The Labute approximate surface area is 95.2 Å². The Balaban J connectivity index is 2.59. The maximum atomic E-state index is 11.9. The van der Waals surface area contributed by atoms with Gasteiger partial charge < -0.3 is 9.30 Å². The smallest absolute Gasteiger partial charge is 0.385 e. The first-order valence-corrected chi connectivity index (χ1v) is 4.99. The molecule has 0 unspecified atom stereocenters. The molecule has 0 fully saturated rings. The van der Waals surface area contributed by atoms with E-state index in [1.807, 2.05) is 0 Å². The number of carbonyl (C=O) groups excluding carboxylic acids is 2. The van der Waals surface area contributed by atoms with Crippen molar-refractivity contribution in [3.8, 4) is 5.75 Å². The summed E-state index contributed by atoms with van der Waals surface area (Å²) < 4.78 is 6.21. The molecule has 0 atom stereocenters. The molecule has 5 heteroatoms. The van der Waals surface area contributed by atoms with E-state index >= 15 is 0 Å². The van der Waals surface area contributed by atoms with Crippen LogP contribution < -0.4 is 10.3 Å². The van der Waals surface area contributed by atoms with E-state index in [1.165, 1.54) is 4.57 Å². The standard InChI is InChI=1S/C12H7NO4/c1-13-7-5-3-2-4-6(7)10-8(11(13)15)9(14)12(16)17-10/h2-5H,1H3. The number of benzene rings is 1. The van der Waals surface area contributed by atoms with Gasteiger partial charge in [-0.05, 0) is 12.1 Å². The highest BCUT2D eigenvalue weighted by Gasteiger charge is 2.36. The molecule has 5 nitrogen and oxygen atoms in total. The average Bonchev–Trinajstić information content (AvgIpc) is 2.63. The van der Waals surface area contributed by atoms with Crippen molar-refractivity contribution in [2.24, 2.45) is 7.05 Å². The molecular formula is C12H7NO4. The summed E-state index contributed by atoms with van der Waals surface area (Å²) in [6.07, 6.45) is 0. The van der Waals surface area contributed by atoms with Crippen LogP contribution in [0.2, 0.25) is 0 Å². The van der Waals surface area contributed by atoms with Gasteiger partial charge in [0.25, 0.3) is 11.3 Å². The molecule has 1 aromatic heterocycles. The summed E-state index contributed by atoms with van der Waals surface area (Å²) in [5.74, 6) is -1.78. The van der Waals surface area contributed by atoms with Crippen molar-refractivity contribution in [1.29, 1.82) is 0 Å². The Hall–Kier alpha value is -2.43. The number of aryl methyl sites for hydroxylation is 1. The molecule has 17 heavy (non-hydrogen) atoms. The molecule has 0 saturated carbocycles. The van der Waals surface area contributed by atoms with Gasteiger partial charge in [-0.15, -0.1) is 0 Å². The molecule has 0 bridgehead atoms. The predicted molar refractivity (Wildman–Crippen MR) is 59.2 cm³/mol. The normalized spacial score (nSPS) is 13.9. The van der Waals surface area contributed by atoms with Gasteiger partial charge >= 0.3 is 5.97 Å². The largest absolute Gasteiger partial charge is 0.419 e. The summed E-state index contributed by atoms with van der Waals surface area (Å²) >= 11 is 0. The molecule has 0 radical (unpaired) electrons. The number of hydrogen-bond acceptors (Lipinski definition) is 4. The summed E-state index contributed by atoms with van der Waals surface area (Å²) in [6.45, 7) is 0. The van der Waals surface area contributed by atoms with Crippen LogP contribution in [0.4, 0.5) is 0 Å². The van der Waals surface area contributed by atoms with Crippen LogP contribution in [0.5, 0.6) is 5.75 Å². The van der Waals surface area contributed by atoms with Crippen LogP contribution >= 0.6 is 0 Å². The molecule has 0 amide bonds. The Bertz CT molecular complexity index is 742. The van der Waals surface area contributed by atoms with Gasteiger partial charge in [-0.3, -0.25) is 9.59 Å². The fourth-order valence-corrected chi connectivity index (χ4v) is 2.01. The van der Waals surface area contributed by atoms with Gasteiger partial charge in [-0.1, -0.05) is 12.1 Å². The van der Waals surface area contributed by atoms with Crippen molar-refractivity contribution in [2.45, 2.75) is 0 Å². The van der Waals surface area contributed by atoms with Crippen LogP contribution in [0, 0.1) is 0 Å². The first-order valence-electron chi connectivity index (χ1n) is 4.99. The molecule has 2 heterocycles. The molecule has 1 aromatic carbocycles. The Kier molecular flexibility index (Phi) is 1.75. The minimum absolute atomic E-state index is 0.0821. The zero-order chi connectivity index (χ0) is 12.2.